The van der Waals surface area contributed by atoms with Gasteiger partial charge in [-0.25, -0.2) is 0 Å². The molecule has 0 heterocycles. The van der Waals surface area contributed by atoms with Crippen molar-refractivity contribution in [2.24, 2.45) is 5.92 Å². The Bertz CT molecular complexity index is 639. The number of hydrogen-bond donors (Lipinski definition) is 0. The number of methoxy groups -OCH3 is 2. The van der Waals surface area contributed by atoms with Gasteiger partial charge in [0, 0.05) is 23.7 Å². The molecule has 1 aromatic carbocycles. The van der Waals surface area contributed by atoms with Crippen molar-refractivity contribution in [1.29, 1.82) is 0 Å². The maximum Gasteiger partial charge on any atom is 0.406 e. The van der Waals surface area contributed by atoms with E-state index in [1.807, 2.05) is 0 Å². The van der Waals surface area contributed by atoms with Crippen LogP contribution in [0, 0.1) is 5.92 Å². The van der Waals surface area contributed by atoms with Gasteiger partial charge in [-0.2, -0.15) is 13.2 Å². The number of benzene rings is 1. The molecular formula is C18H22F3NO3. The van der Waals surface area contributed by atoms with Crippen LogP contribution in [0.1, 0.15) is 25.3 Å². The van der Waals surface area contributed by atoms with E-state index < -0.39 is 24.7 Å². The van der Waals surface area contributed by atoms with Gasteiger partial charge in [-0.15, -0.1) is 0 Å². The quantitative estimate of drug-likeness (QED) is 0.695. The molecule has 0 spiro atoms. The second-order valence-corrected chi connectivity index (χ2v) is 6.10. The Labute approximate surface area is 145 Å². The Hall–Kier alpha value is -2.18. The molecule has 1 aliphatic rings. The first-order valence-corrected chi connectivity index (χ1v) is 8.02. The molecule has 0 N–H and O–H groups in total. The van der Waals surface area contributed by atoms with Gasteiger partial charge in [0.1, 0.15) is 18.0 Å². The van der Waals surface area contributed by atoms with Crippen molar-refractivity contribution in [3.8, 4) is 11.5 Å². The number of alkyl halides is 3. The van der Waals surface area contributed by atoms with Crippen LogP contribution >= 0.6 is 0 Å². The van der Waals surface area contributed by atoms with Crippen LogP contribution in [0.2, 0.25) is 0 Å². The van der Waals surface area contributed by atoms with Crippen molar-refractivity contribution in [1.82, 2.24) is 4.90 Å². The van der Waals surface area contributed by atoms with Crippen LogP contribution in [-0.4, -0.2) is 43.8 Å². The summed E-state index contributed by atoms with van der Waals surface area (Å²) in [6.45, 7) is 0.427. The van der Waals surface area contributed by atoms with Crippen molar-refractivity contribution in [3.63, 3.8) is 0 Å². The summed E-state index contributed by atoms with van der Waals surface area (Å²) in [7, 11) is 2.99. The summed E-state index contributed by atoms with van der Waals surface area (Å²) in [5.74, 6) is 0.548. The Balaban J connectivity index is 2.17. The normalized spacial score (nSPS) is 15.9. The van der Waals surface area contributed by atoms with E-state index in [2.05, 4.69) is 0 Å². The van der Waals surface area contributed by atoms with E-state index in [9.17, 15) is 18.0 Å². The molecule has 138 valence electrons. The third-order valence-corrected chi connectivity index (χ3v) is 4.27. The second-order valence-electron chi connectivity index (χ2n) is 6.10. The predicted molar refractivity (Wildman–Crippen MR) is 88.5 cm³/mol. The number of carbonyl (C=O) groups excluding carboxylic acids is 1. The zero-order valence-electron chi connectivity index (χ0n) is 14.5. The lowest BCUT2D eigenvalue weighted by molar-refractivity contribution is -0.162. The first-order chi connectivity index (χ1) is 11.7. The highest BCUT2D eigenvalue weighted by molar-refractivity contribution is 5.92. The summed E-state index contributed by atoms with van der Waals surface area (Å²) in [5.41, 5.74) is 0.586. The molecule has 0 bridgehead atoms. The number of amides is 1. The Morgan fingerprint density at radius 2 is 2.00 bits per heavy atom. The van der Waals surface area contributed by atoms with Gasteiger partial charge in [-0.05, 0) is 43.9 Å². The van der Waals surface area contributed by atoms with Crippen molar-refractivity contribution in [2.45, 2.75) is 32.0 Å². The van der Waals surface area contributed by atoms with Gasteiger partial charge in [0.05, 0.1) is 14.2 Å². The topological polar surface area (TPSA) is 38.8 Å². The molecule has 1 saturated carbocycles. The first-order valence-electron chi connectivity index (χ1n) is 8.02. The highest BCUT2D eigenvalue weighted by atomic mass is 19.4. The Morgan fingerprint density at radius 1 is 1.32 bits per heavy atom. The molecule has 25 heavy (non-hydrogen) atoms. The smallest absolute Gasteiger partial charge is 0.406 e. The summed E-state index contributed by atoms with van der Waals surface area (Å²) >= 11 is 0. The van der Waals surface area contributed by atoms with Crippen LogP contribution in [-0.2, 0) is 4.79 Å². The molecular weight excluding hydrogens is 335 g/mol. The minimum atomic E-state index is -4.43. The summed E-state index contributed by atoms with van der Waals surface area (Å²) in [6.07, 6.45) is -0.0827. The Morgan fingerprint density at radius 3 is 2.52 bits per heavy atom. The fourth-order valence-corrected chi connectivity index (χ4v) is 2.66. The minimum Gasteiger partial charge on any atom is -0.497 e. The first kappa shape index (κ1) is 19.1. The number of halogens is 3. The lowest BCUT2D eigenvalue weighted by Gasteiger charge is -2.29. The maximum atomic E-state index is 12.8. The SMILES string of the molecule is COc1ccc(/C=C/C(=O)N(CC(F)(F)F)[C@@H](C)C2CC2)c(OC)c1. The van der Waals surface area contributed by atoms with E-state index in [-0.39, 0.29) is 5.92 Å². The van der Waals surface area contributed by atoms with E-state index in [0.717, 1.165) is 23.8 Å². The molecule has 1 amide bonds. The molecule has 1 aliphatic carbocycles. The molecule has 1 fully saturated rings. The molecule has 1 aromatic rings. The summed E-state index contributed by atoms with van der Waals surface area (Å²) in [5, 5.41) is 0. The predicted octanol–water partition coefficient (Wildman–Crippen LogP) is 3.91. The average molecular weight is 357 g/mol. The average Bonchev–Trinajstić information content (AvgIpc) is 3.41. The van der Waals surface area contributed by atoms with Crippen molar-refractivity contribution < 1.29 is 27.4 Å². The molecule has 0 radical (unpaired) electrons. The summed E-state index contributed by atoms with van der Waals surface area (Å²) in [6, 6.07) is 4.58. The third kappa shape index (κ3) is 5.41. The largest absolute Gasteiger partial charge is 0.497 e. The number of carbonyl (C=O) groups is 1. The zero-order valence-corrected chi connectivity index (χ0v) is 14.5. The lowest BCUT2D eigenvalue weighted by Crippen LogP contribution is -2.44. The van der Waals surface area contributed by atoms with E-state index in [1.54, 1.807) is 25.1 Å². The van der Waals surface area contributed by atoms with Crippen LogP contribution in [0.15, 0.2) is 24.3 Å². The molecule has 4 nitrogen and oxygen atoms in total. The third-order valence-electron chi connectivity index (χ3n) is 4.27. The summed E-state index contributed by atoms with van der Waals surface area (Å²) < 4.78 is 48.8. The summed E-state index contributed by atoms with van der Waals surface area (Å²) in [4.78, 5) is 13.3. The molecule has 0 unspecified atom stereocenters. The van der Waals surface area contributed by atoms with Gasteiger partial charge < -0.3 is 14.4 Å². The monoisotopic (exact) mass is 357 g/mol. The molecule has 1 atom stereocenters. The number of ether oxygens (including phenoxy) is 2. The van der Waals surface area contributed by atoms with Crippen molar-refractivity contribution >= 4 is 12.0 Å². The van der Waals surface area contributed by atoms with Gasteiger partial charge >= 0.3 is 6.18 Å². The van der Waals surface area contributed by atoms with Crippen LogP contribution in [0.25, 0.3) is 6.08 Å². The Kier molecular flexibility index (Phi) is 5.98. The number of nitrogens with zero attached hydrogens (tertiary/aromatic N) is 1. The molecule has 0 aliphatic heterocycles. The zero-order chi connectivity index (χ0) is 18.6. The highest BCUT2D eigenvalue weighted by Crippen LogP contribution is 2.36. The molecule has 0 saturated heterocycles. The maximum absolute atomic E-state index is 12.8. The van der Waals surface area contributed by atoms with Gasteiger partial charge in [0.25, 0.3) is 0 Å². The van der Waals surface area contributed by atoms with Crippen LogP contribution in [0.5, 0.6) is 11.5 Å². The van der Waals surface area contributed by atoms with Crippen LogP contribution < -0.4 is 9.47 Å². The van der Waals surface area contributed by atoms with E-state index in [1.165, 1.54) is 20.3 Å². The van der Waals surface area contributed by atoms with E-state index in [0.29, 0.717) is 17.1 Å². The standard InChI is InChI=1S/C18H22F3NO3/c1-12(13-4-5-13)22(11-18(19,20)21)17(23)9-7-14-6-8-15(24-2)10-16(14)25-3/h6-10,12-13H,4-5,11H2,1-3H3/b9-7+/t12-/m0/s1. The molecule has 7 heteroatoms. The van der Waals surface area contributed by atoms with Gasteiger partial charge in [-0.3, -0.25) is 4.79 Å². The number of hydrogen-bond acceptors (Lipinski definition) is 3. The number of rotatable bonds is 7. The lowest BCUT2D eigenvalue weighted by atomic mass is 10.1. The van der Waals surface area contributed by atoms with Gasteiger partial charge in [-0.1, -0.05) is 0 Å². The second kappa shape index (κ2) is 7.80. The van der Waals surface area contributed by atoms with Crippen LogP contribution in [0.3, 0.4) is 0 Å². The minimum absolute atomic E-state index is 0.148. The fourth-order valence-electron chi connectivity index (χ4n) is 2.66. The molecule has 0 aromatic heterocycles. The van der Waals surface area contributed by atoms with Crippen molar-refractivity contribution in [2.75, 3.05) is 20.8 Å². The van der Waals surface area contributed by atoms with E-state index >= 15 is 0 Å². The molecule has 2 rings (SSSR count). The van der Waals surface area contributed by atoms with Crippen LogP contribution in [0.4, 0.5) is 13.2 Å². The fraction of sp³-hybridized carbons (Fsp3) is 0.500. The van der Waals surface area contributed by atoms with Gasteiger partial charge in [0.2, 0.25) is 5.91 Å². The van der Waals surface area contributed by atoms with Crippen molar-refractivity contribution in [3.05, 3.63) is 29.8 Å². The van der Waals surface area contributed by atoms with E-state index in [4.69, 9.17) is 9.47 Å². The van der Waals surface area contributed by atoms with Gasteiger partial charge in [0.15, 0.2) is 0 Å². The highest BCUT2D eigenvalue weighted by Gasteiger charge is 2.39.